The second kappa shape index (κ2) is 6.38. The lowest BCUT2D eigenvalue weighted by Crippen LogP contribution is -2.20. The Balaban J connectivity index is 1.83. The molecule has 20 heavy (non-hydrogen) atoms. The van der Waals surface area contributed by atoms with Gasteiger partial charge in [-0.15, -0.1) is 0 Å². The van der Waals surface area contributed by atoms with Crippen LogP contribution < -0.4 is 10.1 Å². The summed E-state index contributed by atoms with van der Waals surface area (Å²) < 4.78 is 6.79. The van der Waals surface area contributed by atoms with Crippen LogP contribution in [0.5, 0.6) is 5.75 Å². The summed E-state index contributed by atoms with van der Waals surface area (Å²) >= 11 is 0. The Morgan fingerprint density at radius 3 is 2.85 bits per heavy atom. The summed E-state index contributed by atoms with van der Waals surface area (Å²) in [5, 5.41) is 15.1. The van der Waals surface area contributed by atoms with E-state index in [1.54, 1.807) is 12.3 Å². The number of carbonyl (C=O) groups is 1. The number of hydrogen-bond acceptors (Lipinski definition) is 4. The molecule has 0 saturated carbocycles. The van der Waals surface area contributed by atoms with E-state index >= 15 is 0 Å². The van der Waals surface area contributed by atoms with Crippen LogP contribution in [0.15, 0.2) is 36.5 Å². The highest BCUT2D eigenvalue weighted by molar-refractivity contribution is 5.90. The Kier molecular flexibility index (Phi) is 4.35. The molecule has 0 aliphatic heterocycles. The van der Waals surface area contributed by atoms with Crippen LogP contribution in [0.1, 0.15) is 5.56 Å². The van der Waals surface area contributed by atoms with Crippen molar-refractivity contribution in [1.29, 1.82) is 5.26 Å². The van der Waals surface area contributed by atoms with Crippen LogP contribution in [-0.4, -0.2) is 22.3 Å². The third-order valence-electron chi connectivity index (χ3n) is 2.53. The zero-order valence-corrected chi connectivity index (χ0v) is 11.0. The summed E-state index contributed by atoms with van der Waals surface area (Å²) in [5.74, 6) is 0.742. The molecule has 1 amide bonds. The van der Waals surface area contributed by atoms with E-state index in [0.29, 0.717) is 11.6 Å². The van der Waals surface area contributed by atoms with Crippen molar-refractivity contribution in [3.8, 4) is 11.8 Å². The van der Waals surface area contributed by atoms with Crippen molar-refractivity contribution in [3.63, 3.8) is 0 Å². The minimum Gasteiger partial charge on any atom is -0.484 e. The monoisotopic (exact) mass is 270 g/mol. The van der Waals surface area contributed by atoms with E-state index in [4.69, 9.17) is 10.00 Å². The standard InChI is InChI=1S/C14H14N4O2/c1-11-2-4-12(5-3-11)20-10-14(19)16-13-6-8-18(17-13)9-7-15/h2-6,8H,9-10H2,1H3,(H,16,17,19). The predicted molar refractivity (Wildman–Crippen MR) is 73.1 cm³/mol. The third kappa shape index (κ3) is 3.85. The molecule has 102 valence electrons. The molecule has 0 spiro atoms. The molecule has 0 aliphatic carbocycles. The van der Waals surface area contributed by atoms with E-state index in [-0.39, 0.29) is 19.1 Å². The van der Waals surface area contributed by atoms with Gasteiger partial charge in [0.15, 0.2) is 12.4 Å². The second-order valence-corrected chi connectivity index (χ2v) is 4.21. The zero-order chi connectivity index (χ0) is 14.4. The maximum atomic E-state index is 11.7. The molecule has 1 heterocycles. The van der Waals surface area contributed by atoms with Crippen molar-refractivity contribution in [2.45, 2.75) is 13.5 Å². The van der Waals surface area contributed by atoms with Gasteiger partial charge < -0.3 is 10.1 Å². The van der Waals surface area contributed by atoms with Crippen LogP contribution in [-0.2, 0) is 11.3 Å². The second-order valence-electron chi connectivity index (χ2n) is 4.21. The van der Waals surface area contributed by atoms with E-state index in [1.807, 2.05) is 37.3 Å². The number of nitrogens with zero attached hydrogens (tertiary/aromatic N) is 3. The number of aromatic nitrogens is 2. The van der Waals surface area contributed by atoms with Gasteiger partial charge >= 0.3 is 0 Å². The summed E-state index contributed by atoms with van der Waals surface area (Å²) in [6, 6.07) is 11.0. The minimum atomic E-state index is -0.298. The number of hydrogen-bond donors (Lipinski definition) is 1. The van der Waals surface area contributed by atoms with Gasteiger partial charge in [-0.05, 0) is 19.1 Å². The number of ether oxygens (including phenoxy) is 1. The Hall–Kier alpha value is -2.81. The molecule has 0 atom stereocenters. The third-order valence-corrected chi connectivity index (χ3v) is 2.53. The summed E-state index contributed by atoms with van der Waals surface area (Å²) in [6.07, 6.45) is 1.62. The molecular formula is C14H14N4O2. The summed E-state index contributed by atoms with van der Waals surface area (Å²) in [4.78, 5) is 11.7. The van der Waals surface area contributed by atoms with Crippen LogP contribution in [0.2, 0.25) is 0 Å². The first-order chi connectivity index (χ1) is 9.67. The van der Waals surface area contributed by atoms with Crippen LogP contribution >= 0.6 is 0 Å². The van der Waals surface area contributed by atoms with Crippen LogP contribution in [0.25, 0.3) is 0 Å². The first kappa shape index (κ1) is 13.6. The first-order valence-electron chi connectivity index (χ1n) is 6.07. The van der Waals surface area contributed by atoms with Crippen molar-refractivity contribution in [3.05, 3.63) is 42.1 Å². The lowest BCUT2D eigenvalue weighted by molar-refractivity contribution is -0.118. The Bertz CT molecular complexity index is 625. The minimum absolute atomic E-state index is 0.0891. The van der Waals surface area contributed by atoms with Gasteiger partial charge in [0.25, 0.3) is 5.91 Å². The molecule has 1 N–H and O–H groups in total. The highest BCUT2D eigenvalue weighted by Crippen LogP contribution is 2.11. The van der Waals surface area contributed by atoms with Crippen molar-refractivity contribution in [1.82, 2.24) is 9.78 Å². The number of aryl methyl sites for hydroxylation is 1. The van der Waals surface area contributed by atoms with Crippen LogP contribution in [0.3, 0.4) is 0 Å². The van der Waals surface area contributed by atoms with Gasteiger partial charge in [-0.1, -0.05) is 17.7 Å². The molecule has 0 saturated heterocycles. The number of amides is 1. The molecule has 2 aromatic rings. The zero-order valence-electron chi connectivity index (χ0n) is 11.0. The SMILES string of the molecule is Cc1ccc(OCC(=O)Nc2ccn(CC#N)n2)cc1. The Morgan fingerprint density at radius 2 is 2.15 bits per heavy atom. The summed E-state index contributed by atoms with van der Waals surface area (Å²) in [6.45, 7) is 2.04. The fraction of sp³-hybridized carbons (Fsp3) is 0.214. The Morgan fingerprint density at radius 1 is 1.40 bits per heavy atom. The van der Waals surface area contributed by atoms with E-state index < -0.39 is 0 Å². The Labute approximate surface area is 116 Å². The average Bonchev–Trinajstić information content (AvgIpc) is 2.86. The molecule has 0 aliphatic rings. The van der Waals surface area contributed by atoms with Gasteiger partial charge in [-0.25, -0.2) is 0 Å². The van der Waals surface area contributed by atoms with Gasteiger partial charge in [-0.3, -0.25) is 9.48 Å². The van der Waals surface area contributed by atoms with Gasteiger partial charge in [0.05, 0.1) is 6.07 Å². The van der Waals surface area contributed by atoms with Gasteiger partial charge in [-0.2, -0.15) is 10.4 Å². The fourth-order valence-electron chi connectivity index (χ4n) is 1.55. The maximum absolute atomic E-state index is 11.7. The molecule has 0 fully saturated rings. The van der Waals surface area contributed by atoms with Crippen molar-refractivity contribution >= 4 is 11.7 Å². The van der Waals surface area contributed by atoms with Crippen LogP contribution in [0, 0.1) is 18.3 Å². The molecule has 1 aromatic heterocycles. The predicted octanol–water partition coefficient (Wildman–Crippen LogP) is 1.73. The number of nitriles is 1. The van der Waals surface area contributed by atoms with E-state index in [2.05, 4.69) is 10.4 Å². The lowest BCUT2D eigenvalue weighted by atomic mass is 10.2. The largest absolute Gasteiger partial charge is 0.484 e. The number of nitrogens with one attached hydrogen (secondary N) is 1. The molecule has 0 radical (unpaired) electrons. The fourth-order valence-corrected chi connectivity index (χ4v) is 1.55. The van der Waals surface area contributed by atoms with Gasteiger partial charge in [0.1, 0.15) is 12.3 Å². The van der Waals surface area contributed by atoms with Gasteiger partial charge in [0.2, 0.25) is 0 Å². The normalized spacial score (nSPS) is 9.80. The van der Waals surface area contributed by atoms with Crippen molar-refractivity contribution < 1.29 is 9.53 Å². The highest BCUT2D eigenvalue weighted by Gasteiger charge is 2.06. The van der Waals surface area contributed by atoms with Crippen LogP contribution in [0.4, 0.5) is 5.82 Å². The van der Waals surface area contributed by atoms with Crippen molar-refractivity contribution in [2.24, 2.45) is 0 Å². The van der Waals surface area contributed by atoms with Crippen molar-refractivity contribution in [2.75, 3.05) is 11.9 Å². The van der Waals surface area contributed by atoms with Gasteiger partial charge in [0, 0.05) is 12.3 Å². The van der Waals surface area contributed by atoms with E-state index in [1.165, 1.54) is 4.68 Å². The smallest absolute Gasteiger partial charge is 0.263 e. The number of benzene rings is 1. The van der Waals surface area contributed by atoms with E-state index in [0.717, 1.165) is 5.56 Å². The summed E-state index contributed by atoms with van der Waals surface area (Å²) in [7, 11) is 0. The van der Waals surface area contributed by atoms with E-state index in [9.17, 15) is 4.79 Å². The number of rotatable bonds is 5. The molecule has 6 heteroatoms. The number of carbonyl (C=O) groups excluding carboxylic acids is 1. The quantitative estimate of drug-likeness (QED) is 0.897. The summed E-state index contributed by atoms with van der Waals surface area (Å²) in [5.41, 5.74) is 1.13. The molecule has 0 unspecified atom stereocenters. The topological polar surface area (TPSA) is 79.9 Å². The molecule has 1 aromatic carbocycles. The molecule has 2 rings (SSSR count). The first-order valence-corrected chi connectivity index (χ1v) is 6.07. The molecule has 6 nitrogen and oxygen atoms in total. The molecule has 0 bridgehead atoms. The highest BCUT2D eigenvalue weighted by atomic mass is 16.5. The average molecular weight is 270 g/mol. The maximum Gasteiger partial charge on any atom is 0.263 e. The lowest BCUT2D eigenvalue weighted by Gasteiger charge is -2.06. The number of anilines is 1. The molecular weight excluding hydrogens is 256 g/mol.